The van der Waals surface area contributed by atoms with E-state index in [0.29, 0.717) is 12.8 Å². The van der Waals surface area contributed by atoms with Crippen LogP contribution in [0.4, 0.5) is 0 Å². The quantitative estimate of drug-likeness (QED) is 0.114. The first-order valence-electron chi connectivity index (χ1n) is 12.5. The van der Waals surface area contributed by atoms with E-state index in [1.807, 2.05) is 6.92 Å². The summed E-state index contributed by atoms with van der Waals surface area (Å²) in [6.07, 6.45) is 13.0. The van der Waals surface area contributed by atoms with Crippen molar-refractivity contribution in [3.8, 4) is 0 Å². The minimum Gasteiger partial charge on any atom is -0.462 e. The molecular weight excluding hydrogens is 449 g/mol. The maximum absolute atomic E-state index is 12.2. The summed E-state index contributed by atoms with van der Waals surface area (Å²) in [7, 11) is -4.33. The van der Waals surface area contributed by atoms with Gasteiger partial charge in [0.05, 0.1) is 13.2 Å². The summed E-state index contributed by atoms with van der Waals surface area (Å²) in [4.78, 5) is 33.4. The van der Waals surface area contributed by atoms with Crippen LogP contribution in [0, 0.1) is 0 Å². The highest BCUT2D eigenvalue weighted by molar-refractivity contribution is 7.47. The van der Waals surface area contributed by atoms with Gasteiger partial charge in [0.15, 0.2) is 6.10 Å². The van der Waals surface area contributed by atoms with E-state index >= 15 is 0 Å². The summed E-state index contributed by atoms with van der Waals surface area (Å²) < 4.78 is 31.7. The zero-order chi connectivity index (χ0) is 24.8. The maximum atomic E-state index is 12.2. The monoisotopic (exact) mass is 495 g/mol. The van der Waals surface area contributed by atoms with Crippen molar-refractivity contribution in [1.29, 1.82) is 0 Å². The fraction of sp³-hybridized carbons (Fsp3) is 0.913. The molecule has 0 aromatic rings. The smallest absolute Gasteiger partial charge is 0.462 e. The van der Waals surface area contributed by atoms with Crippen LogP contribution < -0.4 is 5.73 Å². The summed E-state index contributed by atoms with van der Waals surface area (Å²) in [6, 6.07) is 0. The van der Waals surface area contributed by atoms with Gasteiger partial charge in [0.1, 0.15) is 6.61 Å². The van der Waals surface area contributed by atoms with Crippen LogP contribution in [0.1, 0.15) is 104 Å². The van der Waals surface area contributed by atoms with Crippen LogP contribution in [0.3, 0.4) is 0 Å². The summed E-state index contributed by atoms with van der Waals surface area (Å²) in [5, 5.41) is 0. The van der Waals surface area contributed by atoms with Gasteiger partial charge >= 0.3 is 19.8 Å². The van der Waals surface area contributed by atoms with Crippen molar-refractivity contribution in [2.45, 2.75) is 110 Å². The highest BCUT2D eigenvalue weighted by Gasteiger charge is 2.25. The minimum atomic E-state index is -4.33. The first kappa shape index (κ1) is 32.0. The summed E-state index contributed by atoms with van der Waals surface area (Å²) >= 11 is 0. The van der Waals surface area contributed by atoms with Crippen LogP contribution in [0.25, 0.3) is 0 Å². The Morgan fingerprint density at radius 3 is 1.91 bits per heavy atom. The third-order valence-electron chi connectivity index (χ3n) is 4.96. The SMILES string of the molecule is CCCCCCCCCCCCCC(=O)OC(COC(=O)CCC)COP(=O)(O)OCCN. The molecule has 0 aliphatic rings. The number of unbranched alkanes of at least 4 members (excludes halogenated alkanes) is 10. The number of rotatable bonds is 23. The third kappa shape index (κ3) is 21.3. The van der Waals surface area contributed by atoms with E-state index in [2.05, 4.69) is 11.4 Å². The van der Waals surface area contributed by atoms with Gasteiger partial charge in [-0.15, -0.1) is 0 Å². The van der Waals surface area contributed by atoms with E-state index in [4.69, 9.17) is 19.7 Å². The molecular formula is C23H46NO8P. The van der Waals surface area contributed by atoms with Gasteiger partial charge < -0.3 is 20.1 Å². The highest BCUT2D eigenvalue weighted by Crippen LogP contribution is 2.43. The van der Waals surface area contributed by atoms with Crippen molar-refractivity contribution < 1.29 is 37.6 Å². The van der Waals surface area contributed by atoms with Gasteiger partial charge in [-0.1, -0.05) is 78.1 Å². The van der Waals surface area contributed by atoms with Crippen LogP contribution in [0.5, 0.6) is 0 Å². The molecule has 3 N–H and O–H groups in total. The third-order valence-corrected chi connectivity index (χ3v) is 5.95. The summed E-state index contributed by atoms with van der Waals surface area (Å²) in [5.74, 6) is -0.891. The summed E-state index contributed by atoms with van der Waals surface area (Å²) in [5.41, 5.74) is 5.24. The molecule has 0 fully saturated rings. The lowest BCUT2D eigenvalue weighted by Crippen LogP contribution is -2.29. The largest absolute Gasteiger partial charge is 0.472 e. The molecule has 10 heteroatoms. The maximum Gasteiger partial charge on any atom is 0.472 e. The molecule has 0 radical (unpaired) electrons. The van der Waals surface area contributed by atoms with Crippen molar-refractivity contribution in [1.82, 2.24) is 0 Å². The molecule has 0 aliphatic carbocycles. The average molecular weight is 496 g/mol. The van der Waals surface area contributed by atoms with Crippen molar-refractivity contribution in [3.05, 3.63) is 0 Å². The van der Waals surface area contributed by atoms with Gasteiger partial charge in [-0.25, -0.2) is 4.57 Å². The fourth-order valence-corrected chi connectivity index (χ4v) is 3.90. The van der Waals surface area contributed by atoms with E-state index < -0.39 is 32.5 Å². The minimum absolute atomic E-state index is 0.0555. The number of phosphoric acid groups is 1. The van der Waals surface area contributed by atoms with Gasteiger partial charge in [0.2, 0.25) is 0 Å². The Kier molecular flexibility index (Phi) is 20.9. The Hall–Kier alpha value is -0.990. The molecule has 2 unspecified atom stereocenters. The predicted molar refractivity (Wildman–Crippen MR) is 128 cm³/mol. The molecule has 0 spiro atoms. The second-order valence-electron chi connectivity index (χ2n) is 8.22. The average Bonchev–Trinajstić information content (AvgIpc) is 2.78. The van der Waals surface area contributed by atoms with Crippen LogP contribution in [0.15, 0.2) is 0 Å². The lowest BCUT2D eigenvalue weighted by molar-refractivity contribution is -0.161. The number of ether oxygens (including phenoxy) is 2. The number of nitrogens with two attached hydrogens (primary N) is 1. The Balaban J connectivity index is 4.18. The second-order valence-corrected chi connectivity index (χ2v) is 9.67. The lowest BCUT2D eigenvalue weighted by Gasteiger charge is -2.19. The van der Waals surface area contributed by atoms with Crippen LogP contribution >= 0.6 is 7.82 Å². The normalized spacial score (nSPS) is 13.9. The van der Waals surface area contributed by atoms with Crippen LogP contribution in [0.2, 0.25) is 0 Å². The van der Waals surface area contributed by atoms with Crippen molar-refractivity contribution >= 4 is 19.8 Å². The van der Waals surface area contributed by atoms with E-state index in [1.54, 1.807) is 0 Å². The molecule has 9 nitrogen and oxygen atoms in total. The molecule has 2 atom stereocenters. The number of phosphoric ester groups is 1. The van der Waals surface area contributed by atoms with Gasteiger partial charge in [0, 0.05) is 19.4 Å². The number of hydrogen-bond acceptors (Lipinski definition) is 8. The lowest BCUT2D eigenvalue weighted by atomic mass is 10.1. The van der Waals surface area contributed by atoms with E-state index in [1.165, 1.54) is 51.4 Å². The molecule has 0 amide bonds. The molecule has 0 rings (SSSR count). The molecule has 0 bridgehead atoms. The van der Waals surface area contributed by atoms with Gasteiger partial charge in [-0.05, 0) is 12.8 Å². The first-order valence-corrected chi connectivity index (χ1v) is 14.0. The number of carbonyl (C=O) groups is 2. The number of carbonyl (C=O) groups excluding carboxylic acids is 2. The highest BCUT2D eigenvalue weighted by atomic mass is 31.2. The standard InChI is InChI=1S/C23H46NO8P/c1-3-5-6-7-8-9-10-11-12-13-14-16-23(26)32-21(19-29-22(25)15-4-2)20-31-33(27,28)30-18-17-24/h21H,3-20,24H2,1-2H3,(H,27,28). The van der Waals surface area contributed by atoms with E-state index in [-0.39, 0.29) is 32.6 Å². The Morgan fingerprint density at radius 1 is 0.788 bits per heavy atom. The van der Waals surface area contributed by atoms with Gasteiger partial charge in [-0.3, -0.25) is 18.6 Å². The van der Waals surface area contributed by atoms with Crippen LogP contribution in [-0.4, -0.2) is 49.3 Å². The van der Waals surface area contributed by atoms with E-state index in [0.717, 1.165) is 12.8 Å². The molecule has 0 aromatic heterocycles. The topological polar surface area (TPSA) is 134 Å². The first-order chi connectivity index (χ1) is 15.8. The zero-order valence-corrected chi connectivity index (χ0v) is 21.5. The van der Waals surface area contributed by atoms with Gasteiger partial charge in [0.25, 0.3) is 0 Å². The molecule has 196 valence electrons. The predicted octanol–water partition coefficient (Wildman–Crippen LogP) is 5.03. The Morgan fingerprint density at radius 2 is 1.36 bits per heavy atom. The Bertz CT molecular complexity index is 547. The molecule has 0 aromatic carbocycles. The Labute approximate surface area is 199 Å². The van der Waals surface area contributed by atoms with Crippen LogP contribution in [-0.2, 0) is 32.7 Å². The summed E-state index contributed by atoms with van der Waals surface area (Å²) in [6.45, 7) is 3.29. The molecule has 33 heavy (non-hydrogen) atoms. The molecule has 0 aliphatic heterocycles. The van der Waals surface area contributed by atoms with Crippen molar-refractivity contribution in [2.24, 2.45) is 5.73 Å². The molecule has 0 saturated carbocycles. The fourth-order valence-electron chi connectivity index (χ4n) is 3.14. The molecule has 0 saturated heterocycles. The van der Waals surface area contributed by atoms with Crippen molar-refractivity contribution in [3.63, 3.8) is 0 Å². The second kappa shape index (κ2) is 21.5. The molecule has 0 heterocycles. The van der Waals surface area contributed by atoms with E-state index in [9.17, 15) is 19.0 Å². The number of hydrogen-bond donors (Lipinski definition) is 2. The van der Waals surface area contributed by atoms with Crippen molar-refractivity contribution in [2.75, 3.05) is 26.4 Å². The number of esters is 2. The zero-order valence-electron chi connectivity index (χ0n) is 20.6. The van der Waals surface area contributed by atoms with Gasteiger partial charge in [-0.2, -0.15) is 0 Å².